The molecule has 11 heteroatoms. The van der Waals surface area contributed by atoms with Crippen LogP contribution in [0.15, 0.2) is 0 Å². The van der Waals surface area contributed by atoms with E-state index in [1.54, 1.807) is 0 Å². The summed E-state index contributed by atoms with van der Waals surface area (Å²) in [5, 5.41) is 0. The Morgan fingerprint density at radius 3 is 1.09 bits per heavy atom. The second-order valence-electron chi connectivity index (χ2n) is 0.924. The van der Waals surface area contributed by atoms with Gasteiger partial charge in [-0.25, -0.2) is 0 Å². The second-order valence-corrected chi connectivity index (χ2v) is 3.18. The van der Waals surface area contributed by atoms with Crippen LogP contribution in [0.4, 0.5) is 0 Å². The number of rotatable bonds is 2. The maximum atomic E-state index is 9.44. The minimum absolute atomic E-state index is 0.750. The van der Waals surface area contributed by atoms with Gasteiger partial charge in [0.2, 0.25) is 0 Å². The predicted octanol–water partition coefficient (Wildman–Crippen LogP) is -1.51. The molecule has 0 aromatic rings. The molecule has 0 rings (SSSR count). The molecule has 0 aliphatic carbocycles. The zero-order valence-electron chi connectivity index (χ0n) is 4.66. The first-order valence-corrected chi connectivity index (χ1v) is 4.94. The van der Waals surface area contributed by atoms with Crippen molar-refractivity contribution >= 4 is 20.8 Å². The first kappa shape index (κ1) is 13.9. The van der Waals surface area contributed by atoms with Crippen molar-refractivity contribution in [3.05, 3.63) is 0 Å². The van der Waals surface area contributed by atoms with Crippen LogP contribution in [-0.2, 0) is 48.2 Å². The second kappa shape index (κ2) is 5.03. The summed E-state index contributed by atoms with van der Waals surface area (Å²) in [5.41, 5.74) is 0. The molecule has 0 saturated heterocycles. The van der Waals surface area contributed by atoms with Crippen LogP contribution in [0.3, 0.4) is 0 Å². The molecule has 0 aromatic heterocycles. The van der Waals surface area contributed by atoms with Crippen LogP contribution in [0.1, 0.15) is 0 Å². The van der Waals surface area contributed by atoms with Gasteiger partial charge in [0.25, 0.3) is 0 Å². The average Bonchev–Trinajstić information content (AvgIpc) is 1.60. The minimum atomic E-state index is -5.12. The first-order chi connectivity index (χ1) is 4.71. The summed E-state index contributed by atoms with van der Waals surface area (Å²) in [6.07, 6.45) is 0. The Bertz CT molecular complexity index is 250. The summed E-state index contributed by atoms with van der Waals surface area (Å²) in [5.74, 6) is 0. The molecule has 0 aliphatic rings. The van der Waals surface area contributed by atoms with Crippen molar-refractivity contribution in [3.63, 3.8) is 0 Å². The van der Waals surface area contributed by atoms with Crippen molar-refractivity contribution < 1.29 is 53.3 Å². The van der Waals surface area contributed by atoms with E-state index in [-0.39, 0.29) is 0 Å². The molecule has 66 valence electrons. The monoisotopic (exact) mass is 242 g/mol. The third kappa shape index (κ3) is 17.9. The van der Waals surface area contributed by atoms with Crippen molar-refractivity contribution in [2.24, 2.45) is 0 Å². The normalized spacial score (nSPS) is 11.4. The van der Waals surface area contributed by atoms with Crippen molar-refractivity contribution in [3.8, 4) is 0 Å². The van der Waals surface area contributed by atoms with Crippen LogP contribution >= 0.6 is 0 Å². The SMILES string of the molecule is O=S(=O)(O)OS(=O)(=O)O.[O]=[Ti]. The summed E-state index contributed by atoms with van der Waals surface area (Å²) in [7, 11) is -10.2. The van der Waals surface area contributed by atoms with E-state index < -0.39 is 20.8 Å². The fraction of sp³-hybridized carbons (Fsp3) is 0. The van der Waals surface area contributed by atoms with E-state index in [1.807, 2.05) is 0 Å². The van der Waals surface area contributed by atoms with Gasteiger partial charge in [-0.15, -0.1) is 3.63 Å². The molecule has 0 unspecified atom stereocenters. The summed E-state index contributed by atoms with van der Waals surface area (Å²) in [4.78, 5) is 0. The van der Waals surface area contributed by atoms with Gasteiger partial charge < -0.3 is 0 Å². The van der Waals surface area contributed by atoms with Gasteiger partial charge in [0.05, 0.1) is 0 Å². The molecule has 0 atom stereocenters. The Morgan fingerprint density at radius 1 is 0.909 bits per heavy atom. The molecule has 0 spiro atoms. The van der Waals surface area contributed by atoms with Crippen LogP contribution in [0.2, 0.25) is 0 Å². The molecule has 0 amide bonds. The van der Waals surface area contributed by atoms with Gasteiger partial charge in [0, 0.05) is 0 Å². The third-order valence-electron chi connectivity index (χ3n) is 0.172. The quantitative estimate of drug-likeness (QED) is 0.440. The summed E-state index contributed by atoms with van der Waals surface area (Å²) < 4.78 is 63.8. The molecule has 0 bridgehead atoms. The summed E-state index contributed by atoms with van der Waals surface area (Å²) in [6, 6.07) is 0. The van der Waals surface area contributed by atoms with E-state index in [1.165, 1.54) is 0 Å². The Labute approximate surface area is 74.2 Å². The van der Waals surface area contributed by atoms with E-state index >= 15 is 0 Å². The average molecular weight is 242 g/mol. The molecule has 0 aliphatic heterocycles. The van der Waals surface area contributed by atoms with Crippen LogP contribution in [0, 0.1) is 0 Å². The van der Waals surface area contributed by atoms with Crippen LogP contribution in [0.5, 0.6) is 0 Å². The molecule has 0 fully saturated rings. The van der Waals surface area contributed by atoms with Gasteiger partial charge in [-0.2, -0.15) is 16.8 Å². The predicted molar refractivity (Wildman–Crippen MR) is 24.9 cm³/mol. The zero-order valence-corrected chi connectivity index (χ0v) is 7.85. The fourth-order valence-corrected chi connectivity index (χ4v) is 0.978. The van der Waals surface area contributed by atoms with Gasteiger partial charge in [0.15, 0.2) is 0 Å². The first-order valence-electron chi connectivity index (χ1n) is 1.57. The van der Waals surface area contributed by atoms with Gasteiger partial charge in [-0.3, -0.25) is 9.11 Å². The Morgan fingerprint density at radius 2 is 1.09 bits per heavy atom. The third-order valence-corrected chi connectivity index (χ3v) is 1.55. The van der Waals surface area contributed by atoms with Crippen molar-refractivity contribution in [2.75, 3.05) is 0 Å². The molecular formula is H2O8S2Ti. The zero-order chi connectivity index (χ0) is 9.71. The molecule has 11 heavy (non-hydrogen) atoms. The topological polar surface area (TPSA) is 135 Å². The molecule has 0 saturated carbocycles. The van der Waals surface area contributed by atoms with E-state index in [2.05, 4.69) is 3.63 Å². The van der Waals surface area contributed by atoms with E-state index in [4.69, 9.17) is 12.4 Å². The Kier molecular flexibility index (Phi) is 6.34. The van der Waals surface area contributed by atoms with E-state index in [0.29, 0.717) is 0 Å². The molecular weight excluding hydrogens is 240 g/mol. The van der Waals surface area contributed by atoms with Gasteiger partial charge in [0.1, 0.15) is 0 Å². The van der Waals surface area contributed by atoms with Gasteiger partial charge in [-0.1, -0.05) is 0 Å². The summed E-state index contributed by atoms with van der Waals surface area (Å²) in [6.45, 7) is 0. The maximum absolute atomic E-state index is 9.44. The molecule has 8 nitrogen and oxygen atoms in total. The molecule has 0 radical (unpaired) electrons. The van der Waals surface area contributed by atoms with Crippen LogP contribution in [-0.4, -0.2) is 25.9 Å². The Balaban J connectivity index is 0. The molecule has 0 aromatic carbocycles. The standard InChI is InChI=1S/H2O7S2.O.Ti/c1-8(2,3)7-9(4,5)6;;/h(H,1,2,3)(H,4,5,6);;. The number of hydrogen-bond donors (Lipinski definition) is 2. The van der Waals surface area contributed by atoms with Gasteiger partial charge >= 0.3 is 44.5 Å². The van der Waals surface area contributed by atoms with Crippen LogP contribution < -0.4 is 0 Å². The molecule has 0 heterocycles. The van der Waals surface area contributed by atoms with Crippen molar-refractivity contribution in [1.82, 2.24) is 0 Å². The molecule has 2 N–H and O–H groups in total. The van der Waals surface area contributed by atoms with Gasteiger partial charge in [-0.05, 0) is 0 Å². The van der Waals surface area contributed by atoms with E-state index in [9.17, 15) is 16.8 Å². The fourth-order valence-electron chi connectivity index (χ4n) is 0.109. The van der Waals surface area contributed by atoms with Crippen LogP contribution in [0.25, 0.3) is 0 Å². The number of hydrogen-bond acceptors (Lipinski definition) is 6. The Hall–Kier alpha value is 0.294. The van der Waals surface area contributed by atoms with Crippen molar-refractivity contribution in [1.29, 1.82) is 0 Å². The van der Waals surface area contributed by atoms with Crippen molar-refractivity contribution in [2.45, 2.75) is 0 Å². The summed E-state index contributed by atoms with van der Waals surface area (Å²) >= 11 is 0.750. The van der Waals surface area contributed by atoms with E-state index in [0.717, 1.165) is 20.4 Å².